The molecule has 1 aromatic rings. The van der Waals surface area contributed by atoms with Gasteiger partial charge in [0.1, 0.15) is 18.3 Å². The predicted molar refractivity (Wildman–Crippen MR) is 80.3 cm³/mol. The second kappa shape index (κ2) is 6.80. The molecule has 2 aliphatic heterocycles. The molecule has 1 unspecified atom stereocenters. The molecule has 1 aromatic heterocycles. The standard InChI is InChI=1S/C16H25N2O5/c1-17-6-3-5-11(17)10-4-2-7-18(8-10)16-15(22)14(21)13(20)12(9-19)23-16/h2,4,7-8,11-16,19-22H,3,5-6,9H2,1H3/q+1/t11?,12-,13-,14+,15+,16-/m0/s1. The average Bonchev–Trinajstić information content (AvgIpc) is 2.99. The molecule has 0 radical (unpaired) electrons. The summed E-state index contributed by atoms with van der Waals surface area (Å²) in [5.41, 5.74) is 1.12. The Balaban J connectivity index is 1.85. The number of likely N-dealkylation sites (tertiary alicyclic amines) is 1. The summed E-state index contributed by atoms with van der Waals surface area (Å²) in [7, 11) is 2.09. The van der Waals surface area contributed by atoms with Crippen molar-refractivity contribution >= 4 is 0 Å². The van der Waals surface area contributed by atoms with E-state index in [4.69, 9.17) is 4.74 Å². The summed E-state index contributed by atoms with van der Waals surface area (Å²) >= 11 is 0. The van der Waals surface area contributed by atoms with Crippen molar-refractivity contribution < 1.29 is 29.7 Å². The third-order valence-corrected chi connectivity index (χ3v) is 4.91. The van der Waals surface area contributed by atoms with Crippen LogP contribution in [0.3, 0.4) is 0 Å². The number of hydrogen-bond acceptors (Lipinski definition) is 6. The minimum atomic E-state index is -1.36. The van der Waals surface area contributed by atoms with E-state index in [0.717, 1.165) is 24.9 Å². The molecule has 23 heavy (non-hydrogen) atoms. The van der Waals surface area contributed by atoms with Crippen LogP contribution in [-0.4, -0.2) is 69.9 Å². The summed E-state index contributed by atoms with van der Waals surface area (Å²) in [6.45, 7) is 0.632. The molecule has 3 heterocycles. The van der Waals surface area contributed by atoms with Crippen LogP contribution in [0.5, 0.6) is 0 Å². The minimum absolute atomic E-state index is 0.326. The second-order valence-corrected chi connectivity index (χ2v) is 6.44. The number of pyridine rings is 1. The molecular formula is C16H25N2O5+. The molecule has 0 bridgehead atoms. The molecule has 0 aromatic carbocycles. The molecule has 7 nitrogen and oxygen atoms in total. The van der Waals surface area contributed by atoms with Gasteiger partial charge in [-0.2, -0.15) is 4.57 Å². The van der Waals surface area contributed by atoms with Gasteiger partial charge in [0.2, 0.25) is 0 Å². The lowest BCUT2D eigenvalue weighted by Crippen LogP contribution is -2.62. The van der Waals surface area contributed by atoms with E-state index in [1.165, 1.54) is 0 Å². The van der Waals surface area contributed by atoms with Crippen LogP contribution < -0.4 is 4.57 Å². The number of aliphatic hydroxyl groups excluding tert-OH is 4. The first-order chi connectivity index (χ1) is 11.0. The highest BCUT2D eigenvalue weighted by molar-refractivity contribution is 5.13. The molecule has 2 fully saturated rings. The highest BCUT2D eigenvalue weighted by atomic mass is 16.6. The summed E-state index contributed by atoms with van der Waals surface area (Å²) in [6, 6.07) is 4.24. The largest absolute Gasteiger partial charge is 0.394 e. The van der Waals surface area contributed by atoms with Crippen molar-refractivity contribution in [3.8, 4) is 0 Å². The van der Waals surface area contributed by atoms with Crippen molar-refractivity contribution in [3.05, 3.63) is 30.1 Å². The van der Waals surface area contributed by atoms with Gasteiger partial charge in [-0.25, -0.2) is 0 Å². The molecule has 6 atom stereocenters. The van der Waals surface area contributed by atoms with Gasteiger partial charge in [0, 0.05) is 17.7 Å². The zero-order chi connectivity index (χ0) is 16.6. The lowest BCUT2D eigenvalue weighted by molar-refractivity contribution is -0.778. The molecule has 0 amide bonds. The number of ether oxygens (including phenoxy) is 1. The molecule has 4 N–H and O–H groups in total. The summed E-state index contributed by atoms with van der Waals surface area (Å²) in [5.74, 6) is 0. The van der Waals surface area contributed by atoms with Crippen molar-refractivity contribution in [1.82, 2.24) is 4.90 Å². The maximum absolute atomic E-state index is 10.2. The first kappa shape index (κ1) is 16.8. The molecule has 3 rings (SSSR count). The van der Waals surface area contributed by atoms with Gasteiger partial charge in [-0.15, -0.1) is 0 Å². The van der Waals surface area contributed by atoms with Crippen LogP contribution >= 0.6 is 0 Å². The Kier molecular flexibility index (Phi) is 4.96. The van der Waals surface area contributed by atoms with Crippen molar-refractivity contribution in [2.24, 2.45) is 0 Å². The van der Waals surface area contributed by atoms with Gasteiger partial charge >= 0.3 is 0 Å². The highest BCUT2D eigenvalue weighted by Gasteiger charge is 2.48. The summed E-state index contributed by atoms with van der Waals surface area (Å²) < 4.78 is 7.30. The molecule has 0 spiro atoms. The van der Waals surface area contributed by atoms with Gasteiger partial charge in [0.05, 0.1) is 6.61 Å². The topological polar surface area (TPSA) is 97.3 Å². The lowest BCUT2D eigenvalue weighted by Gasteiger charge is -2.36. The van der Waals surface area contributed by atoms with Gasteiger partial charge in [-0.3, -0.25) is 4.90 Å². The van der Waals surface area contributed by atoms with E-state index in [0.29, 0.717) is 6.04 Å². The van der Waals surface area contributed by atoms with E-state index < -0.39 is 37.3 Å². The summed E-state index contributed by atoms with van der Waals surface area (Å²) in [6.07, 6.45) is 0.165. The highest BCUT2D eigenvalue weighted by Crippen LogP contribution is 2.30. The fourth-order valence-corrected chi connectivity index (χ4v) is 3.53. The van der Waals surface area contributed by atoms with Gasteiger partial charge in [-0.1, -0.05) is 0 Å². The van der Waals surface area contributed by atoms with Crippen molar-refractivity contribution in [1.29, 1.82) is 0 Å². The molecule has 2 saturated heterocycles. The Morgan fingerprint density at radius 2 is 2.04 bits per heavy atom. The molecule has 2 aliphatic rings. The average molecular weight is 325 g/mol. The molecule has 128 valence electrons. The molecular weight excluding hydrogens is 300 g/mol. The van der Waals surface area contributed by atoms with Gasteiger partial charge < -0.3 is 25.2 Å². The van der Waals surface area contributed by atoms with Crippen LogP contribution in [0.4, 0.5) is 0 Å². The maximum Gasteiger partial charge on any atom is 0.292 e. The predicted octanol–water partition coefficient (Wildman–Crippen LogP) is -1.29. The zero-order valence-electron chi connectivity index (χ0n) is 13.2. The van der Waals surface area contributed by atoms with Crippen LogP contribution in [0.25, 0.3) is 0 Å². The Morgan fingerprint density at radius 3 is 2.70 bits per heavy atom. The van der Waals surface area contributed by atoms with E-state index >= 15 is 0 Å². The molecule has 7 heteroatoms. The first-order valence-corrected chi connectivity index (χ1v) is 8.04. The van der Waals surface area contributed by atoms with Crippen LogP contribution in [0.2, 0.25) is 0 Å². The molecule has 0 aliphatic carbocycles. The summed E-state index contributed by atoms with van der Waals surface area (Å²) in [4.78, 5) is 2.28. The zero-order valence-corrected chi connectivity index (χ0v) is 13.2. The molecule has 0 saturated carbocycles. The summed E-state index contributed by atoms with van der Waals surface area (Å²) in [5, 5.41) is 39.3. The van der Waals surface area contributed by atoms with Crippen molar-refractivity contribution in [2.45, 2.75) is 49.5 Å². The van der Waals surface area contributed by atoms with E-state index in [-0.39, 0.29) is 0 Å². The third kappa shape index (κ3) is 3.13. The Labute approximate surface area is 135 Å². The minimum Gasteiger partial charge on any atom is -0.394 e. The Morgan fingerprint density at radius 1 is 1.26 bits per heavy atom. The quantitative estimate of drug-likeness (QED) is 0.517. The number of aromatic nitrogens is 1. The first-order valence-electron chi connectivity index (χ1n) is 8.04. The lowest BCUT2D eigenvalue weighted by atomic mass is 9.98. The van der Waals surface area contributed by atoms with Crippen molar-refractivity contribution in [2.75, 3.05) is 20.2 Å². The maximum atomic E-state index is 10.2. The van der Waals surface area contributed by atoms with Crippen LogP contribution in [0, 0.1) is 0 Å². The normalized spacial score (nSPS) is 38.8. The monoisotopic (exact) mass is 325 g/mol. The van der Waals surface area contributed by atoms with Gasteiger partial charge in [-0.05, 0) is 32.5 Å². The Bertz CT molecular complexity index is 541. The van der Waals surface area contributed by atoms with Crippen molar-refractivity contribution in [3.63, 3.8) is 0 Å². The van der Waals surface area contributed by atoms with E-state index in [9.17, 15) is 20.4 Å². The van der Waals surface area contributed by atoms with E-state index in [2.05, 4.69) is 11.9 Å². The number of aliphatic hydroxyl groups is 4. The smallest absolute Gasteiger partial charge is 0.292 e. The van der Waals surface area contributed by atoms with E-state index in [1.807, 2.05) is 18.3 Å². The fraction of sp³-hybridized carbons (Fsp3) is 0.688. The third-order valence-electron chi connectivity index (χ3n) is 4.91. The second-order valence-electron chi connectivity index (χ2n) is 6.44. The number of nitrogens with zero attached hydrogens (tertiary/aromatic N) is 2. The van der Waals surface area contributed by atoms with Crippen LogP contribution in [0.15, 0.2) is 24.5 Å². The van der Waals surface area contributed by atoms with Crippen LogP contribution in [-0.2, 0) is 4.74 Å². The van der Waals surface area contributed by atoms with Gasteiger partial charge in [0.25, 0.3) is 6.23 Å². The number of rotatable bonds is 3. The SMILES string of the molecule is CN1CCCC1c1ccc[n+]([C@H]2O[C@@H](CO)[C@H](O)[C@@H](O)[C@H]2O)c1. The van der Waals surface area contributed by atoms with Gasteiger partial charge in [0.15, 0.2) is 18.5 Å². The van der Waals surface area contributed by atoms with E-state index in [1.54, 1.807) is 10.8 Å². The van der Waals surface area contributed by atoms with Crippen LogP contribution in [0.1, 0.15) is 30.7 Å². The number of hydrogen-bond donors (Lipinski definition) is 4. The Hall–Kier alpha value is -1.09. The fourth-order valence-electron chi connectivity index (χ4n) is 3.53.